The summed E-state index contributed by atoms with van der Waals surface area (Å²) < 4.78 is 11.0. The molecule has 1 aromatic rings. The highest BCUT2D eigenvalue weighted by atomic mass is 16.5. The van der Waals surface area contributed by atoms with Gasteiger partial charge in [-0.2, -0.15) is 0 Å². The first kappa shape index (κ1) is 17.2. The number of nitrogens with zero attached hydrogens (tertiary/aromatic N) is 1. The Hall–Kier alpha value is -2.12. The predicted octanol–water partition coefficient (Wildman–Crippen LogP) is 1.34. The van der Waals surface area contributed by atoms with E-state index in [-0.39, 0.29) is 17.5 Å². The molecule has 2 rings (SSSR count). The summed E-state index contributed by atoms with van der Waals surface area (Å²) in [5, 5.41) is 8.71. The highest BCUT2D eigenvalue weighted by molar-refractivity contribution is 5.94. The Labute approximate surface area is 135 Å². The van der Waals surface area contributed by atoms with Crippen LogP contribution in [0.3, 0.4) is 0 Å². The van der Waals surface area contributed by atoms with E-state index < -0.39 is 11.5 Å². The number of fused-ring (bicyclic) bond motifs is 1. The van der Waals surface area contributed by atoms with Gasteiger partial charge in [0.2, 0.25) is 0 Å². The third-order valence-electron chi connectivity index (χ3n) is 4.07. The van der Waals surface area contributed by atoms with Crippen LogP contribution in [0.1, 0.15) is 36.7 Å². The molecule has 2 amide bonds. The van der Waals surface area contributed by atoms with Gasteiger partial charge in [-0.05, 0) is 32.9 Å². The molecule has 7 nitrogen and oxygen atoms in total. The maximum Gasteiger partial charge on any atom is 0.274 e. The fourth-order valence-corrected chi connectivity index (χ4v) is 2.37. The molecule has 0 saturated heterocycles. The molecule has 7 heteroatoms. The molecule has 0 aromatic heterocycles. The fraction of sp³-hybridized carbons (Fsp3) is 0.500. The molecule has 0 fully saturated rings. The molecule has 1 aliphatic heterocycles. The van der Waals surface area contributed by atoms with Crippen molar-refractivity contribution in [1.29, 1.82) is 0 Å². The van der Waals surface area contributed by atoms with E-state index in [1.54, 1.807) is 42.4 Å². The average Bonchev–Trinajstić information content (AvgIpc) is 2.72. The quantitative estimate of drug-likeness (QED) is 0.648. The third kappa shape index (κ3) is 3.46. The molecular formula is C16H22N2O5. The van der Waals surface area contributed by atoms with E-state index >= 15 is 0 Å². The number of amides is 2. The molecule has 0 saturated carbocycles. The van der Waals surface area contributed by atoms with Crippen LogP contribution in [0.2, 0.25) is 0 Å². The van der Waals surface area contributed by atoms with Crippen LogP contribution in [-0.4, -0.2) is 47.3 Å². The van der Waals surface area contributed by atoms with Crippen LogP contribution in [0.4, 0.5) is 0 Å². The lowest BCUT2D eigenvalue weighted by Crippen LogP contribution is -2.50. The van der Waals surface area contributed by atoms with Crippen LogP contribution < -0.4 is 10.2 Å². The Kier molecular flexibility index (Phi) is 4.91. The molecule has 1 heterocycles. The molecule has 2 N–H and O–H groups in total. The zero-order chi connectivity index (χ0) is 17.2. The number of carbonyl (C=O) groups excluding carboxylic acids is 2. The van der Waals surface area contributed by atoms with Gasteiger partial charge in [0.05, 0.1) is 6.04 Å². The maximum absolute atomic E-state index is 12.7. The Morgan fingerprint density at radius 2 is 2.13 bits per heavy atom. The molecule has 1 unspecified atom stereocenters. The molecule has 1 atom stereocenters. The number of rotatable bonds is 3. The van der Waals surface area contributed by atoms with Gasteiger partial charge in [-0.1, -0.05) is 6.07 Å². The number of hydrogen-bond donors (Lipinski definition) is 2. The molecule has 0 radical (unpaired) electrons. The number of hydrogen-bond acceptors (Lipinski definition) is 5. The van der Waals surface area contributed by atoms with Crippen LogP contribution >= 0.6 is 0 Å². The second kappa shape index (κ2) is 6.55. The van der Waals surface area contributed by atoms with E-state index in [0.717, 1.165) is 5.56 Å². The second-order valence-corrected chi connectivity index (χ2v) is 6.07. The van der Waals surface area contributed by atoms with E-state index in [4.69, 9.17) is 14.7 Å². The summed E-state index contributed by atoms with van der Waals surface area (Å²) in [6.45, 7) is 6.02. The largest absolute Gasteiger partial charge is 0.491 e. The van der Waals surface area contributed by atoms with Crippen molar-refractivity contribution >= 4 is 11.8 Å². The number of hydroxylamine groups is 1. The van der Waals surface area contributed by atoms with Crippen LogP contribution in [0.15, 0.2) is 18.2 Å². The molecule has 23 heavy (non-hydrogen) atoms. The maximum atomic E-state index is 12.7. The lowest BCUT2D eigenvalue weighted by molar-refractivity contribution is -0.154. The van der Waals surface area contributed by atoms with Crippen molar-refractivity contribution in [2.75, 3.05) is 13.7 Å². The van der Waals surface area contributed by atoms with Gasteiger partial charge < -0.3 is 14.4 Å². The first-order valence-electron chi connectivity index (χ1n) is 7.36. The Balaban J connectivity index is 2.32. The summed E-state index contributed by atoms with van der Waals surface area (Å²) in [7, 11) is 1.50. The summed E-state index contributed by atoms with van der Waals surface area (Å²) >= 11 is 0. The minimum absolute atomic E-state index is 0.124. The van der Waals surface area contributed by atoms with Gasteiger partial charge in [0, 0.05) is 24.8 Å². The summed E-state index contributed by atoms with van der Waals surface area (Å²) in [6.07, 6.45) is 0. The molecule has 0 aliphatic carbocycles. The summed E-state index contributed by atoms with van der Waals surface area (Å²) in [4.78, 5) is 25.9. The Morgan fingerprint density at radius 3 is 2.74 bits per heavy atom. The molecule has 0 spiro atoms. The standard InChI is InChI=1S/C16H22N2O5/c1-10-9-23-13-7-11(14(19)17-21)5-6-12(13)8-18(10)15(20)16(2,3)22-4/h5-7,10,21H,8-9H2,1-4H3,(H,17,19). The molecule has 0 bridgehead atoms. The number of nitrogens with one attached hydrogen (secondary N) is 1. The highest BCUT2D eigenvalue weighted by Gasteiger charge is 2.36. The van der Waals surface area contributed by atoms with Crippen LogP contribution in [0, 0.1) is 0 Å². The van der Waals surface area contributed by atoms with E-state index in [9.17, 15) is 9.59 Å². The minimum atomic E-state index is -0.921. The molecular weight excluding hydrogens is 300 g/mol. The lowest BCUT2D eigenvalue weighted by Gasteiger charge is -2.33. The zero-order valence-corrected chi connectivity index (χ0v) is 13.8. The average molecular weight is 322 g/mol. The zero-order valence-electron chi connectivity index (χ0n) is 13.8. The monoisotopic (exact) mass is 322 g/mol. The van der Waals surface area contributed by atoms with Gasteiger partial charge in [0.25, 0.3) is 11.8 Å². The first-order chi connectivity index (χ1) is 10.8. The summed E-state index contributed by atoms with van der Waals surface area (Å²) in [5.74, 6) is -0.202. The van der Waals surface area contributed by atoms with Gasteiger partial charge in [0.15, 0.2) is 0 Å². The van der Waals surface area contributed by atoms with Gasteiger partial charge >= 0.3 is 0 Å². The van der Waals surface area contributed by atoms with Crippen LogP contribution in [-0.2, 0) is 16.1 Å². The third-order valence-corrected chi connectivity index (χ3v) is 4.07. The molecule has 1 aromatic carbocycles. The highest BCUT2D eigenvalue weighted by Crippen LogP contribution is 2.28. The number of carbonyl (C=O) groups is 2. The Bertz CT molecular complexity index is 614. The molecule has 126 valence electrons. The van der Waals surface area contributed by atoms with Gasteiger partial charge in [-0.3, -0.25) is 14.8 Å². The van der Waals surface area contributed by atoms with Crippen molar-refractivity contribution in [2.45, 2.75) is 39.0 Å². The number of ether oxygens (including phenoxy) is 2. The van der Waals surface area contributed by atoms with E-state index in [1.165, 1.54) is 7.11 Å². The van der Waals surface area contributed by atoms with E-state index in [0.29, 0.717) is 18.9 Å². The van der Waals surface area contributed by atoms with Crippen LogP contribution in [0.5, 0.6) is 5.75 Å². The fourth-order valence-electron chi connectivity index (χ4n) is 2.37. The van der Waals surface area contributed by atoms with Crippen molar-refractivity contribution in [2.24, 2.45) is 0 Å². The number of methoxy groups -OCH3 is 1. The normalized spacial score (nSPS) is 17.8. The van der Waals surface area contributed by atoms with Crippen molar-refractivity contribution in [3.8, 4) is 5.75 Å². The second-order valence-electron chi connectivity index (χ2n) is 6.07. The smallest absolute Gasteiger partial charge is 0.274 e. The first-order valence-corrected chi connectivity index (χ1v) is 7.36. The van der Waals surface area contributed by atoms with Gasteiger partial charge in [-0.15, -0.1) is 0 Å². The Morgan fingerprint density at radius 1 is 1.43 bits per heavy atom. The molecule has 1 aliphatic rings. The van der Waals surface area contributed by atoms with E-state index in [2.05, 4.69) is 0 Å². The predicted molar refractivity (Wildman–Crippen MR) is 82.3 cm³/mol. The van der Waals surface area contributed by atoms with Crippen molar-refractivity contribution in [3.63, 3.8) is 0 Å². The van der Waals surface area contributed by atoms with Crippen LogP contribution in [0.25, 0.3) is 0 Å². The number of benzene rings is 1. The minimum Gasteiger partial charge on any atom is -0.491 e. The van der Waals surface area contributed by atoms with Gasteiger partial charge in [0.1, 0.15) is 18.0 Å². The van der Waals surface area contributed by atoms with E-state index in [1.807, 2.05) is 6.92 Å². The van der Waals surface area contributed by atoms with Crippen molar-refractivity contribution < 1.29 is 24.3 Å². The van der Waals surface area contributed by atoms with Crippen molar-refractivity contribution in [1.82, 2.24) is 10.4 Å². The summed E-state index contributed by atoms with van der Waals surface area (Å²) in [6, 6.07) is 4.72. The SMILES string of the molecule is COC(C)(C)C(=O)N1Cc2ccc(C(=O)NO)cc2OCC1C. The van der Waals surface area contributed by atoms with Crippen molar-refractivity contribution in [3.05, 3.63) is 29.3 Å². The summed E-state index contributed by atoms with van der Waals surface area (Å²) in [5.41, 5.74) is 1.75. The topological polar surface area (TPSA) is 88.1 Å². The lowest BCUT2D eigenvalue weighted by atomic mass is 10.0. The van der Waals surface area contributed by atoms with Gasteiger partial charge in [-0.25, -0.2) is 5.48 Å².